The van der Waals surface area contributed by atoms with Crippen molar-refractivity contribution in [2.75, 3.05) is 45.2 Å². The van der Waals surface area contributed by atoms with Crippen LogP contribution < -0.4 is 15.4 Å². The van der Waals surface area contributed by atoms with Gasteiger partial charge in [0, 0.05) is 44.5 Å². The van der Waals surface area contributed by atoms with Crippen LogP contribution in [-0.4, -0.2) is 61.2 Å². The second-order valence-corrected chi connectivity index (χ2v) is 5.92. The van der Waals surface area contributed by atoms with Crippen LogP contribution in [0.2, 0.25) is 0 Å². The summed E-state index contributed by atoms with van der Waals surface area (Å²) in [6, 6.07) is 6.28. The van der Waals surface area contributed by atoms with Gasteiger partial charge < -0.3 is 20.3 Å². The van der Waals surface area contributed by atoms with Crippen LogP contribution in [0, 0.1) is 0 Å². The lowest BCUT2D eigenvalue weighted by Gasteiger charge is -2.33. The van der Waals surface area contributed by atoms with Gasteiger partial charge in [-0.15, -0.1) is 0 Å². The molecule has 24 heavy (non-hydrogen) atoms. The molecule has 1 atom stereocenters. The first-order valence-electron chi connectivity index (χ1n) is 8.59. The number of likely N-dealkylation sites (N-methyl/N-ethyl adjacent to an activating group) is 2. The Bertz CT molecular complexity index is 648. The number of nitrogens with two attached hydrogens (primary N) is 1. The number of pyridine rings is 2. The number of anilines is 1. The Hall–Kier alpha value is -1.92. The maximum atomic E-state index is 5.72. The van der Waals surface area contributed by atoms with Gasteiger partial charge in [0.05, 0.1) is 18.3 Å². The first kappa shape index (κ1) is 18.4. The highest BCUT2D eigenvalue weighted by Gasteiger charge is 2.18. The van der Waals surface area contributed by atoms with E-state index in [9.17, 15) is 0 Å². The minimum absolute atomic E-state index is 0.447. The van der Waals surface area contributed by atoms with E-state index in [0.29, 0.717) is 18.5 Å². The van der Waals surface area contributed by atoms with Gasteiger partial charge in [-0.1, -0.05) is 6.92 Å². The van der Waals surface area contributed by atoms with E-state index in [1.54, 1.807) is 7.11 Å². The highest BCUT2D eigenvalue weighted by molar-refractivity contribution is 5.88. The third kappa shape index (κ3) is 4.13. The Labute approximate surface area is 144 Å². The van der Waals surface area contributed by atoms with Crippen molar-refractivity contribution < 1.29 is 4.74 Å². The van der Waals surface area contributed by atoms with Crippen molar-refractivity contribution in [1.82, 2.24) is 14.9 Å². The largest absolute Gasteiger partial charge is 0.481 e. The van der Waals surface area contributed by atoms with Crippen LogP contribution in [0.15, 0.2) is 24.4 Å². The summed E-state index contributed by atoms with van der Waals surface area (Å²) in [5.41, 5.74) is 8.58. The quantitative estimate of drug-likeness (QED) is 0.759. The van der Waals surface area contributed by atoms with E-state index in [4.69, 9.17) is 10.5 Å². The van der Waals surface area contributed by atoms with Crippen LogP contribution in [0.4, 0.5) is 5.69 Å². The lowest BCUT2D eigenvalue weighted by Crippen LogP contribution is -2.43. The van der Waals surface area contributed by atoms with Gasteiger partial charge in [-0.3, -0.25) is 4.98 Å². The molecule has 0 radical (unpaired) electrons. The van der Waals surface area contributed by atoms with Crippen molar-refractivity contribution in [3.8, 4) is 5.88 Å². The number of hydrogen-bond acceptors (Lipinski definition) is 6. The molecule has 0 saturated carbocycles. The highest BCUT2D eigenvalue weighted by Crippen LogP contribution is 2.26. The van der Waals surface area contributed by atoms with Crippen LogP contribution in [0.5, 0.6) is 5.88 Å². The first-order valence-corrected chi connectivity index (χ1v) is 8.59. The molecule has 132 valence electrons. The van der Waals surface area contributed by atoms with Crippen molar-refractivity contribution >= 4 is 16.7 Å². The second-order valence-electron chi connectivity index (χ2n) is 5.92. The van der Waals surface area contributed by atoms with Crippen molar-refractivity contribution in [3.05, 3.63) is 24.4 Å². The molecule has 2 heterocycles. The molecule has 6 nitrogen and oxygen atoms in total. The Kier molecular flexibility index (Phi) is 6.75. The molecule has 0 fully saturated rings. The number of methoxy groups -OCH3 is 1. The molecule has 2 aromatic heterocycles. The lowest BCUT2D eigenvalue weighted by atomic mass is 10.1. The SMILES string of the molecule is CCC(CN(CC)c1ccnc2ccc(OC)nc12)N(C)CCN. The van der Waals surface area contributed by atoms with Gasteiger partial charge in [0.1, 0.15) is 5.52 Å². The summed E-state index contributed by atoms with van der Waals surface area (Å²) in [6.07, 6.45) is 2.92. The fourth-order valence-electron chi connectivity index (χ4n) is 2.98. The number of nitrogens with zero attached hydrogens (tertiary/aromatic N) is 4. The molecule has 0 amide bonds. The molecular formula is C18H29N5O. The molecular weight excluding hydrogens is 302 g/mol. The van der Waals surface area contributed by atoms with Gasteiger partial charge in [0.2, 0.25) is 5.88 Å². The van der Waals surface area contributed by atoms with Gasteiger partial charge in [-0.05, 0) is 32.5 Å². The Morgan fingerprint density at radius 2 is 2.04 bits per heavy atom. The predicted octanol–water partition coefficient (Wildman–Crippen LogP) is 2.13. The summed E-state index contributed by atoms with van der Waals surface area (Å²) in [6.45, 7) is 7.81. The number of fused-ring (bicyclic) bond motifs is 1. The maximum Gasteiger partial charge on any atom is 0.213 e. The zero-order valence-corrected chi connectivity index (χ0v) is 15.2. The number of aromatic nitrogens is 2. The monoisotopic (exact) mass is 331 g/mol. The van der Waals surface area contributed by atoms with E-state index in [1.807, 2.05) is 24.4 Å². The first-order chi connectivity index (χ1) is 11.6. The number of ether oxygens (including phenoxy) is 1. The molecule has 0 aliphatic carbocycles. The van der Waals surface area contributed by atoms with E-state index in [-0.39, 0.29) is 0 Å². The summed E-state index contributed by atoms with van der Waals surface area (Å²) in [4.78, 5) is 13.7. The predicted molar refractivity (Wildman–Crippen MR) is 99.7 cm³/mol. The summed E-state index contributed by atoms with van der Waals surface area (Å²) in [5, 5.41) is 0. The second kappa shape index (κ2) is 8.80. The van der Waals surface area contributed by atoms with Gasteiger partial charge in [-0.25, -0.2) is 4.98 Å². The van der Waals surface area contributed by atoms with Crippen LogP contribution in [0.1, 0.15) is 20.3 Å². The Morgan fingerprint density at radius 3 is 2.67 bits per heavy atom. The maximum absolute atomic E-state index is 5.72. The zero-order chi connectivity index (χ0) is 17.5. The van der Waals surface area contributed by atoms with Gasteiger partial charge in [-0.2, -0.15) is 0 Å². The molecule has 2 aromatic rings. The topological polar surface area (TPSA) is 67.5 Å². The van der Waals surface area contributed by atoms with Crippen LogP contribution in [0.25, 0.3) is 11.0 Å². The summed E-state index contributed by atoms with van der Waals surface area (Å²) >= 11 is 0. The number of hydrogen-bond donors (Lipinski definition) is 1. The molecule has 6 heteroatoms. The molecule has 0 aliphatic rings. The third-order valence-electron chi connectivity index (χ3n) is 4.48. The van der Waals surface area contributed by atoms with Crippen LogP contribution >= 0.6 is 0 Å². The molecule has 0 aromatic carbocycles. The summed E-state index contributed by atoms with van der Waals surface area (Å²) < 4.78 is 5.28. The third-order valence-corrected chi connectivity index (χ3v) is 4.48. The van der Waals surface area contributed by atoms with E-state index in [2.05, 4.69) is 40.7 Å². The molecule has 2 rings (SSSR count). The molecule has 1 unspecified atom stereocenters. The zero-order valence-electron chi connectivity index (χ0n) is 15.2. The molecule has 0 bridgehead atoms. The summed E-state index contributed by atoms with van der Waals surface area (Å²) in [5.74, 6) is 0.611. The van der Waals surface area contributed by atoms with Crippen molar-refractivity contribution in [2.45, 2.75) is 26.3 Å². The Balaban J connectivity index is 2.34. The molecule has 0 aliphatic heterocycles. The smallest absolute Gasteiger partial charge is 0.213 e. The van der Waals surface area contributed by atoms with E-state index in [1.165, 1.54) is 0 Å². The minimum Gasteiger partial charge on any atom is -0.481 e. The van der Waals surface area contributed by atoms with Crippen molar-refractivity contribution in [2.24, 2.45) is 5.73 Å². The van der Waals surface area contributed by atoms with E-state index >= 15 is 0 Å². The molecule has 0 saturated heterocycles. The summed E-state index contributed by atoms with van der Waals surface area (Å²) in [7, 11) is 3.78. The Morgan fingerprint density at radius 1 is 1.25 bits per heavy atom. The fourth-order valence-corrected chi connectivity index (χ4v) is 2.98. The molecule has 2 N–H and O–H groups in total. The fraction of sp³-hybridized carbons (Fsp3) is 0.556. The number of rotatable bonds is 9. The van der Waals surface area contributed by atoms with Crippen molar-refractivity contribution in [1.29, 1.82) is 0 Å². The van der Waals surface area contributed by atoms with Crippen molar-refractivity contribution in [3.63, 3.8) is 0 Å². The highest BCUT2D eigenvalue weighted by atomic mass is 16.5. The van der Waals surface area contributed by atoms with Crippen LogP contribution in [-0.2, 0) is 0 Å². The van der Waals surface area contributed by atoms with Gasteiger partial charge in [0.15, 0.2) is 0 Å². The van der Waals surface area contributed by atoms with Gasteiger partial charge in [0.25, 0.3) is 0 Å². The van der Waals surface area contributed by atoms with Crippen LogP contribution in [0.3, 0.4) is 0 Å². The van der Waals surface area contributed by atoms with Gasteiger partial charge >= 0.3 is 0 Å². The van der Waals surface area contributed by atoms with E-state index < -0.39 is 0 Å². The lowest BCUT2D eigenvalue weighted by molar-refractivity contribution is 0.244. The average Bonchev–Trinajstić information content (AvgIpc) is 2.62. The standard InChI is InChI=1S/C18H29N5O/c1-5-14(22(3)12-10-19)13-23(6-2)16-9-11-20-15-7-8-17(24-4)21-18(15)16/h7-9,11,14H,5-6,10,12-13,19H2,1-4H3. The van der Waals surface area contributed by atoms with E-state index in [0.717, 1.165) is 42.8 Å². The average molecular weight is 331 g/mol. The normalized spacial score (nSPS) is 12.6. The molecule has 0 spiro atoms. The minimum atomic E-state index is 0.447.